The normalized spacial score (nSPS) is 10.5. The van der Waals surface area contributed by atoms with Gasteiger partial charge in [-0.2, -0.15) is 0 Å². The Hall–Kier alpha value is -1.76. The quantitative estimate of drug-likeness (QED) is 0.884. The SMILES string of the molecule is Cc1ncc(CNc2nc(N)c(F)cc2F)s1. The molecule has 0 radical (unpaired) electrons. The molecule has 0 unspecified atom stereocenters. The molecule has 2 aromatic rings. The maximum absolute atomic E-state index is 13.3. The lowest BCUT2D eigenvalue weighted by molar-refractivity contribution is 0.579. The molecule has 0 aromatic carbocycles. The standard InChI is InChI=1S/C10H10F2N4S/c1-5-14-3-6(17-5)4-15-10-8(12)2-7(11)9(13)16-10/h2-3H,4H2,1H3,(H3,13,15,16). The van der Waals surface area contributed by atoms with Crippen LogP contribution in [0.5, 0.6) is 0 Å². The Morgan fingerprint density at radius 1 is 1.41 bits per heavy atom. The first-order valence-corrected chi connectivity index (χ1v) is 5.64. The molecule has 0 aliphatic carbocycles. The molecule has 0 spiro atoms. The Bertz CT molecular complexity index is 541. The Morgan fingerprint density at radius 2 is 2.18 bits per heavy atom. The highest BCUT2D eigenvalue weighted by Crippen LogP contribution is 2.18. The molecule has 0 bridgehead atoms. The zero-order chi connectivity index (χ0) is 12.4. The average molecular weight is 256 g/mol. The van der Waals surface area contributed by atoms with Crippen molar-refractivity contribution in [3.8, 4) is 0 Å². The second kappa shape index (κ2) is 4.62. The summed E-state index contributed by atoms with van der Waals surface area (Å²) in [5.74, 6) is -2.01. The van der Waals surface area contributed by atoms with Gasteiger partial charge in [-0.05, 0) is 6.92 Å². The number of pyridine rings is 1. The maximum Gasteiger partial charge on any atom is 0.168 e. The third-order valence-electron chi connectivity index (χ3n) is 2.06. The van der Waals surface area contributed by atoms with Crippen molar-refractivity contribution in [3.05, 3.63) is 33.8 Å². The zero-order valence-corrected chi connectivity index (χ0v) is 9.81. The molecule has 2 rings (SSSR count). The van der Waals surface area contributed by atoms with Crippen LogP contribution in [0.4, 0.5) is 20.4 Å². The van der Waals surface area contributed by atoms with Crippen LogP contribution in [0.1, 0.15) is 9.88 Å². The molecular weight excluding hydrogens is 246 g/mol. The van der Waals surface area contributed by atoms with Gasteiger partial charge >= 0.3 is 0 Å². The van der Waals surface area contributed by atoms with E-state index < -0.39 is 11.6 Å². The summed E-state index contributed by atoms with van der Waals surface area (Å²) in [5.41, 5.74) is 5.26. The zero-order valence-electron chi connectivity index (χ0n) is 9.00. The first-order valence-electron chi connectivity index (χ1n) is 4.83. The van der Waals surface area contributed by atoms with Crippen molar-refractivity contribution >= 4 is 23.0 Å². The Balaban J connectivity index is 2.11. The molecule has 0 amide bonds. The van der Waals surface area contributed by atoms with Crippen LogP contribution in [0, 0.1) is 18.6 Å². The molecule has 0 aliphatic rings. The molecule has 3 N–H and O–H groups in total. The molecule has 17 heavy (non-hydrogen) atoms. The first kappa shape index (κ1) is 11.7. The van der Waals surface area contributed by atoms with E-state index >= 15 is 0 Å². The van der Waals surface area contributed by atoms with Gasteiger partial charge in [-0.1, -0.05) is 0 Å². The van der Waals surface area contributed by atoms with Gasteiger partial charge in [0.2, 0.25) is 0 Å². The summed E-state index contributed by atoms with van der Waals surface area (Å²) in [7, 11) is 0. The molecule has 4 nitrogen and oxygen atoms in total. The van der Waals surface area contributed by atoms with Crippen molar-refractivity contribution in [2.24, 2.45) is 0 Å². The second-order valence-corrected chi connectivity index (χ2v) is 4.70. The van der Waals surface area contributed by atoms with Crippen LogP contribution in [0.15, 0.2) is 12.3 Å². The lowest BCUT2D eigenvalue weighted by Gasteiger charge is -2.06. The van der Waals surface area contributed by atoms with Gasteiger partial charge in [-0.15, -0.1) is 11.3 Å². The van der Waals surface area contributed by atoms with Crippen LogP contribution in [0.2, 0.25) is 0 Å². The predicted octanol–water partition coefficient (Wildman–Crippen LogP) is 2.32. The Labute approximate surface area is 101 Å². The minimum Gasteiger partial charge on any atom is -0.381 e. The first-order chi connectivity index (χ1) is 8.06. The second-order valence-electron chi connectivity index (χ2n) is 3.39. The fourth-order valence-electron chi connectivity index (χ4n) is 1.26. The van der Waals surface area contributed by atoms with E-state index in [1.807, 2.05) is 6.92 Å². The van der Waals surface area contributed by atoms with Crippen LogP contribution < -0.4 is 11.1 Å². The lowest BCUT2D eigenvalue weighted by atomic mass is 10.4. The highest BCUT2D eigenvalue weighted by atomic mass is 32.1. The Morgan fingerprint density at radius 3 is 2.82 bits per heavy atom. The van der Waals surface area contributed by atoms with Crippen LogP contribution in [0.3, 0.4) is 0 Å². The van der Waals surface area contributed by atoms with E-state index in [2.05, 4.69) is 15.3 Å². The molecule has 0 atom stereocenters. The van der Waals surface area contributed by atoms with Crippen LogP contribution in [-0.4, -0.2) is 9.97 Å². The highest BCUT2D eigenvalue weighted by molar-refractivity contribution is 7.11. The smallest absolute Gasteiger partial charge is 0.168 e. The topological polar surface area (TPSA) is 63.8 Å². The monoisotopic (exact) mass is 256 g/mol. The minimum absolute atomic E-state index is 0.0602. The van der Waals surface area contributed by atoms with Gasteiger partial charge in [0.25, 0.3) is 0 Å². The number of hydrogen-bond acceptors (Lipinski definition) is 5. The summed E-state index contributed by atoms with van der Waals surface area (Å²) in [4.78, 5) is 8.59. The summed E-state index contributed by atoms with van der Waals surface area (Å²) >= 11 is 1.49. The lowest BCUT2D eigenvalue weighted by Crippen LogP contribution is -2.06. The summed E-state index contributed by atoms with van der Waals surface area (Å²) < 4.78 is 26.2. The van der Waals surface area contributed by atoms with Crippen molar-refractivity contribution in [2.75, 3.05) is 11.1 Å². The summed E-state index contributed by atoms with van der Waals surface area (Å²) in [6, 6.07) is 0.711. The number of nitrogen functional groups attached to an aromatic ring is 1. The van der Waals surface area contributed by atoms with E-state index in [4.69, 9.17) is 5.73 Å². The third kappa shape index (κ3) is 2.68. The number of hydrogen-bond donors (Lipinski definition) is 2. The van der Waals surface area contributed by atoms with Crippen molar-refractivity contribution in [2.45, 2.75) is 13.5 Å². The maximum atomic E-state index is 13.3. The van der Waals surface area contributed by atoms with E-state index in [-0.39, 0.29) is 11.6 Å². The van der Waals surface area contributed by atoms with E-state index in [0.717, 1.165) is 9.88 Å². The van der Waals surface area contributed by atoms with Crippen LogP contribution >= 0.6 is 11.3 Å². The largest absolute Gasteiger partial charge is 0.381 e. The molecular formula is C10H10F2N4S. The molecule has 7 heteroatoms. The number of halogens is 2. The van der Waals surface area contributed by atoms with Gasteiger partial charge in [-0.25, -0.2) is 18.7 Å². The van der Waals surface area contributed by atoms with E-state index in [9.17, 15) is 8.78 Å². The number of nitrogens with zero attached hydrogens (tertiary/aromatic N) is 2. The van der Waals surface area contributed by atoms with Crippen LogP contribution in [-0.2, 0) is 6.54 Å². The molecule has 2 aromatic heterocycles. The van der Waals surface area contributed by atoms with Gasteiger partial charge in [0.05, 0.1) is 11.6 Å². The van der Waals surface area contributed by atoms with Crippen molar-refractivity contribution in [3.63, 3.8) is 0 Å². The average Bonchev–Trinajstić information content (AvgIpc) is 2.68. The molecule has 0 aliphatic heterocycles. The van der Waals surface area contributed by atoms with Gasteiger partial charge in [0, 0.05) is 17.1 Å². The van der Waals surface area contributed by atoms with Gasteiger partial charge < -0.3 is 11.1 Å². The molecule has 90 valence electrons. The number of nitrogens with one attached hydrogen (secondary N) is 1. The fraction of sp³-hybridized carbons (Fsp3) is 0.200. The number of aryl methyl sites for hydroxylation is 1. The minimum atomic E-state index is -0.860. The number of thiazole rings is 1. The Kier molecular flexibility index (Phi) is 3.19. The van der Waals surface area contributed by atoms with Gasteiger partial charge in [0.15, 0.2) is 23.3 Å². The summed E-state index contributed by atoms with van der Waals surface area (Å²) in [6.45, 7) is 2.25. The number of nitrogens with two attached hydrogens (primary N) is 1. The molecule has 0 fully saturated rings. The van der Waals surface area contributed by atoms with Gasteiger partial charge in [0.1, 0.15) is 0 Å². The number of anilines is 2. The number of aromatic nitrogens is 2. The summed E-state index contributed by atoms with van der Waals surface area (Å²) in [5, 5.41) is 3.67. The van der Waals surface area contributed by atoms with Gasteiger partial charge in [-0.3, -0.25) is 0 Å². The number of rotatable bonds is 3. The van der Waals surface area contributed by atoms with E-state index in [1.165, 1.54) is 11.3 Å². The third-order valence-corrected chi connectivity index (χ3v) is 2.97. The summed E-state index contributed by atoms with van der Waals surface area (Å²) in [6.07, 6.45) is 1.69. The van der Waals surface area contributed by atoms with Crippen molar-refractivity contribution < 1.29 is 8.78 Å². The molecule has 2 heterocycles. The predicted molar refractivity (Wildman–Crippen MR) is 62.7 cm³/mol. The van der Waals surface area contributed by atoms with E-state index in [0.29, 0.717) is 12.6 Å². The fourth-order valence-corrected chi connectivity index (χ4v) is 2.00. The van der Waals surface area contributed by atoms with Crippen LogP contribution in [0.25, 0.3) is 0 Å². The molecule has 0 saturated heterocycles. The highest BCUT2D eigenvalue weighted by Gasteiger charge is 2.09. The van der Waals surface area contributed by atoms with Crippen molar-refractivity contribution in [1.29, 1.82) is 0 Å². The van der Waals surface area contributed by atoms with Crippen molar-refractivity contribution in [1.82, 2.24) is 9.97 Å². The van der Waals surface area contributed by atoms with E-state index in [1.54, 1.807) is 6.20 Å². The molecule has 0 saturated carbocycles.